The van der Waals surface area contributed by atoms with E-state index in [1.807, 2.05) is 30.3 Å². The SMILES string of the molecule is Cc1nc(NC(=O)COC(=O)c2ccc(CSc3nc4ccccc4s3)cc2)c(Cl)cc1Cl. The van der Waals surface area contributed by atoms with Crippen LogP contribution in [0, 0.1) is 6.92 Å². The first-order chi connectivity index (χ1) is 15.9. The second-order valence-electron chi connectivity index (χ2n) is 6.94. The third-order valence-electron chi connectivity index (χ3n) is 4.52. The molecule has 0 radical (unpaired) electrons. The maximum Gasteiger partial charge on any atom is 0.338 e. The van der Waals surface area contributed by atoms with Gasteiger partial charge in [0.15, 0.2) is 16.8 Å². The van der Waals surface area contributed by atoms with E-state index in [-0.39, 0.29) is 10.8 Å². The molecular formula is C23H17Cl2N3O3S2. The predicted molar refractivity (Wildman–Crippen MR) is 134 cm³/mol. The minimum Gasteiger partial charge on any atom is -0.452 e. The van der Waals surface area contributed by atoms with Crippen LogP contribution in [0.15, 0.2) is 58.9 Å². The topological polar surface area (TPSA) is 81.2 Å². The van der Waals surface area contributed by atoms with E-state index in [0.29, 0.717) is 16.3 Å². The summed E-state index contributed by atoms with van der Waals surface area (Å²) in [6.07, 6.45) is 0. The van der Waals surface area contributed by atoms with Gasteiger partial charge in [0.2, 0.25) is 0 Å². The van der Waals surface area contributed by atoms with Crippen molar-refractivity contribution >= 4 is 74.2 Å². The highest BCUT2D eigenvalue weighted by atomic mass is 35.5. The number of thioether (sulfide) groups is 1. The Morgan fingerprint density at radius 2 is 1.82 bits per heavy atom. The minimum atomic E-state index is -0.595. The second-order valence-corrected chi connectivity index (χ2v) is 10.0. The number of pyridine rings is 1. The summed E-state index contributed by atoms with van der Waals surface area (Å²) < 4.78 is 7.25. The molecule has 0 atom stereocenters. The molecule has 0 aliphatic rings. The smallest absolute Gasteiger partial charge is 0.338 e. The number of nitrogens with zero attached hydrogens (tertiary/aromatic N) is 2. The second kappa shape index (κ2) is 10.5. The van der Waals surface area contributed by atoms with Gasteiger partial charge in [-0.2, -0.15) is 0 Å². The molecule has 0 saturated heterocycles. The Balaban J connectivity index is 1.28. The highest BCUT2D eigenvalue weighted by Crippen LogP contribution is 2.31. The maximum atomic E-state index is 12.3. The van der Waals surface area contributed by atoms with Crippen LogP contribution < -0.4 is 5.32 Å². The number of nitrogens with one attached hydrogen (secondary N) is 1. The van der Waals surface area contributed by atoms with E-state index in [9.17, 15) is 9.59 Å². The van der Waals surface area contributed by atoms with Crippen molar-refractivity contribution in [2.75, 3.05) is 11.9 Å². The maximum absolute atomic E-state index is 12.3. The number of hydrogen-bond acceptors (Lipinski definition) is 7. The van der Waals surface area contributed by atoms with E-state index in [2.05, 4.69) is 21.4 Å². The highest BCUT2D eigenvalue weighted by Gasteiger charge is 2.14. The summed E-state index contributed by atoms with van der Waals surface area (Å²) >= 11 is 15.3. The third-order valence-corrected chi connectivity index (χ3v) is 7.44. The van der Waals surface area contributed by atoms with Gasteiger partial charge in [-0.15, -0.1) is 11.3 Å². The first kappa shape index (κ1) is 23.5. The standard InChI is InChI=1S/C23H17Cl2N3O3S2/c1-13-16(24)10-17(25)21(26-13)28-20(29)11-31-22(30)15-8-6-14(7-9-15)12-32-23-27-18-4-2-3-5-19(18)33-23/h2-10H,11-12H2,1H3,(H,26,28,29). The van der Waals surface area contributed by atoms with Gasteiger partial charge in [-0.1, -0.05) is 59.2 Å². The molecule has 0 aliphatic heterocycles. The van der Waals surface area contributed by atoms with Crippen molar-refractivity contribution in [1.29, 1.82) is 0 Å². The fourth-order valence-electron chi connectivity index (χ4n) is 2.82. The zero-order valence-electron chi connectivity index (χ0n) is 17.3. The number of carbonyl (C=O) groups excluding carboxylic acids is 2. The molecule has 1 N–H and O–H groups in total. The first-order valence-electron chi connectivity index (χ1n) is 9.76. The van der Waals surface area contributed by atoms with Crippen LogP contribution in [0.4, 0.5) is 5.82 Å². The summed E-state index contributed by atoms with van der Waals surface area (Å²) in [5.41, 5.74) is 2.92. The zero-order valence-corrected chi connectivity index (χ0v) is 20.4. The molecule has 0 fully saturated rings. The summed E-state index contributed by atoms with van der Waals surface area (Å²) in [5.74, 6) is -0.258. The van der Waals surface area contributed by atoms with Crippen molar-refractivity contribution < 1.29 is 14.3 Å². The predicted octanol–water partition coefficient (Wildman–Crippen LogP) is 6.39. The van der Waals surface area contributed by atoms with Crippen molar-refractivity contribution in [2.24, 2.45) is 0 Å². The number of benzene rings is 2. The van der Waals surface area contributed by atoms with Gasteiger partial charge >= 0.3 is 5.97 Å². The minimum absolute atomic E-state index is 0.162. The third kappa shape index (κ3) is 6.03. The van der Waals surface area contributed by atoms with E-state index in [1.165, 1.54) is 6.07 Å². The lowest BCUT2D eigenvalue weighted by Crippen LogP contribution is -2.21. The van der Waals surface area contributed by atoms with Crippen LogP contribution in [0.2, 0.25) is 10.0 Å². The fraction of sp³-hybridized carbons (Fsp3) is 0.130. The quantitative estimate of drug-likeness (QED) is 0.225. The van der Waals surface area contributed by atoms with E-state index < -0.39 is 18.5 Å². The molecule has 0 unspecified atom stereocenters. The number of thiazole rings is 1. The van der Waals surface area contributed by atoms with Crippen molar-refractivity contribution in [3.8, 4) is 0 Å². The van der Waals surface area contributed by atoms with Crippen LogP contribution in [0.5, 0.6) is 0 Å². The largest absolute Gasteiger partial charge is 0.452 e. The number of fused-ring (bicyclic) bond motifs is 1. The van der Waals surface area contributed by atoms with Crippen molar-refractivity contribution in [3.63, 3.8) is 0 Å². The summed E-state index contributed by atoms with van der Waals surface area (Å²) in [6, 6.07) is 16.6. The summed E-state index contributed by atoms with van der Waals surface area (Å²) in [4.78, 5) is 33.1. The Kier molecular flexibility index (Phi) is 7.49. The Morgan fingerprint density at radius 3 is 2.58 bits per heavy atom. The first-order valence-corrected chi connectivity index (χ1v) is 12.3. The number of ether oxygens (including phenoxy) is 1. The van der Waals surface area contributed by atoms with Gasteiger partial charge in [-0.3, -0.25) is 4.79 Å². The molecule has 1 amide bonds. The van der Waals surface area contributed by atoms with E-state index in [4.69, 9.17) is 27.9 Å². The zero-order chi connectivity index (χ0) is 23.4. The molecule has 33 heavy (non-hydrogen) atoms. The average molecular weight is 518 g/mol. The normalized spacial score (nSPS) is 10.9. The molecule has 0 aliphatic carbocycles. The van der Waals surface area contributed by atoms with Crippen molar-refractivity contribution in [3.05, 3.63) is 81.5 Å². The molecule has 168 valence electrons. The van der Waals surface area contributed by atoms with Crippen LogP contribution in [-0.2, 0) is 15.3 Å². The molecule has 6 nitrogen and oxygen atoms in total. The lowest BCUT2D eigenvalue weighted by atomic mass is 10.1. The average Bonchev–Trinajstić information content (AvgIpc) is 3.23. The molecule has 4 aromatic rings. The number of aromatic nitrogens is 2. The van der Waals surface area contributed by atoms with E-state index >= 15 is 0 Å². The lowest BCUT2D eigenvalue weighted by Gasteiger charge is -2.09. The number of carbonyl (C=O) groups is 2. The van der Waals surface area contributed by atoms with Crippen molar-refractivity contribution in [2.45, 2.75) is 17.0 Å². The van der Waals surface area contributed by atoms with Gasteiger partial charge < -0.3 is 10.1 Å². The van der Waals surface area contributed by atoms with Gasteiger partial charge in [-0.25, -0.2) is 14.8 Å². The number of halogens is 2. The number of esters is 1. The van der Waals surface area contributed by atoms with E-state index in [0.717, 1.165) is 25.9 Å². The number of aryl methyl sites for hydroxylation is 1. The molecule has 4 rings (SSSR count). The van der Waals surface area contributed by atoms with Gasteiger partial charge in [-0.05, 0) is 42.8 Å². The monoisotopic (exact) mass is 517 g/mol. The molecule has 0 spiro atoms. The summed E-state index contributed by atoms with van der Waals surface area (Å²) in [6.45, 7) is 1.23. The molecule has 0 saturated carbocycles. The number of amides is 1. The molecule has 2 aromatic carbocycles. The van der Waals surface area contributed by atoms with Gasteiger partial charge in [0.05, 0.1) is 31.5 Å². The van der Waals surface area contributed by atoms with Crippen LogP contribution in [0.3, 0.4) is 0 Å². The van der Waals surface area contributed by atoms with Gasteiger partial charge in [0.1, 0.15) is 0 Å². The van der Waals surface area contributed by atoms with Crippen LogP contribution in [0.1, 0.15) is 21.6 Å². The van der Waals surface area contributed by atoms with Gasteiger partial charge in [0, 0.05) is 5.75 Å². The number of anilines is 1. The van der Waals surface area contributed by atoms with Crippen LogP contribution >= 0.6 is 46.3 Å². The highest BCUT2D eigenvalue weighted by molar-refractivity contribution is 8.00. The summed E-state index contributed by atoms with van der Waals surface area (Å²) in [5, 5.41) is 3.10. The molecule has 10 heteroatoms. The van der Waals surface area contributed by atoms with Crippen LogP contribution in [0.25, 0.3) is 10.2 Å². The lowest BCUT2D eigenvalue weighted by molar-refractivity contribution is -0.119. The number of hydrogen-bond donors (Lipinski definition) is 1. The van der Waals surface area contributed by atoms with Crippen LogP contribution in [-0.4, -0.2) is 28.5 Å². The number of para-hydroxylation sites is 1. The fourth-order valence-corrected chi connectivity index (χ4v) is 5.25. The Morgan fingerprint density at radius 1 is 1.06 bits per heavy atom. The van der Waals surface area contributed by atoms with Crippen molar-refractivity contribution in [1.82, 2.24) is 9.97 Å². The molecule has 2 heterocycles. The van der Waals surface area contributed by atoms with E-state index in [1.54, 1.807) is 42.2 Å². The Hall–Kier alpha value is -2.65. The van der Waals surface area contributed by atoms with Gasteiger partial charge in [0.25, 0.3) is 5.91 Å². The molecular weight excluding hydrogens is 501 g/mol. The Bertz CT molecular complexity index is 1290. The summed E-state index contributed by atoms with van der Waals surface area (Å²) in [7, 11) is 0. The molecule has 0 bridgehead atoms. The Labute approximate surface area is 208 Å². The molecule has 2 aromatic heterocycles. The number of rotatable bonds is 7.